The van der Waals surface area contributed by atoms with Gasteiger partial charge in [-0.15, -0.1) is 0 Å². The van der Waals surface area contributed by atoms with Crippen LogP contribution in [0.15, 0.2) is 11.6 Å². The standard InChI is InChI=1S/C32H51NO3/c1-21-17-28(4,5)12-14-32(21,20-34)15-13-29(6,7)31(9)11-10-25-23(3)27(36)24(19-33)18-30(25,8)26(31)16-22(2)35/h18,21,23,25-26,34H,10-17,20H2,1-9H3/t21?,23-,25-,26+,30-,31+,32+/m0/s1. The fraction of sp³-hybridized carbons (Fsp3) is 0.844. The molecule has 2 saturated carbocycles. The molecule has 7 atom stereocenters. The first-order chi connectivity index (χ1) is 16.5. The maximum absolute atomic E-state index is 12.9. The van der Waals surface area contributed by atoms with Crippen molar-refractivity contribution >= 4 is 11.6 Å². The van der Waals surface area contributed by atoms with E-state index in [2.05, 4.69) is 54.5 Å². The van der Waals surface area contributed by atoms with Gasteiger partial charge < -0.3 is 9.90 Å². The fourth-order valence-electron chi connectivity index (χ4n) is 8.84. The molecular formula is C32H51NO3. The summed E-state index contributed by atoms with van der Waals surface area (Å²) in [6, 6.07) is 2.17. The Morgan fingerprint density at radius 1 is 1.17 bits per heavy atom. The predicted octanol–water partition coefficient (Wildman–Crippen LogP) is 7.30. The highest BCUT2D eigenvalue weighted by Gasteiger charge is 2.61. The lowest BCUT2D eigenvalue weighted by Crippen LogP contribution is -2.57. The summed E-state index contributed by atoms with van der Waals surface area (Å²) < 4.78 is 0. The van der Waals surface area contributed by atoms with Gasteiger partial charge in [0.1, 0.15) is 11.9 Å². The van der Waals surface area contributed by atoms with E-state index in [1.54, 1.807) is 6.92 Å². The van der Waals surface area contributed by atoms with Crippen LogP contribution in [0.2, 0.25) is 0 Å². The van der Waals surface area contributed by atoms with E-state index >= 15 is 0 Å². The molecule has 0 bridgehead atoms. The average molecular weight is 498 g/mol. The van der Waals surface area contributed by atoms with Crippen molar-refractivity contribution in [3.8, 4) is 6.07 Å². The highest BCUT2D eigenvalue weighted by Crippen LogP contribution is 2.66. The zero-order chi connectivity index (χ0) is 27.3. The highest BCUT2D eigenvalue weighted by molar-refractivity contribution is 6.01. The second kappa shape index (κ2) is 9.68. The third-order valence-electron chi connectivity index (χ3n) is 12.0. The molecule has 0 aromatic rings. The van der Waals surface area contributed by atoms with Crippen molar-refractivity contribution < 1.29 is 14.7 Å². The highest BCUT2D eigenvalue weighted by atomic mass is 16.3. The third-order valence-corrected chi connectivity index (χ3v) is 12.0. The summed E-state index contributed by atoms with van der Waals surface area (Å²) in [6.07, 6.45) is 9.66. The molecule has 4 heteroatoms. The van der Waals surface area contributed by atoms with Gasteiger partial charge in [0.2, 0.25) is 0 Å². The van der Waals surface area contributed by atoms with Crippen molar-refractivity contribution in [3.05, 3.63) is 11.6 Å². The van der Waals surface area contributed by atoms with Crippen LogP contribution in [0.1, 0.15) is 114 Å². The first kappa shape index (κ1) is 29.1. The summed E-state index contributed by atoms with van der Waals surface area (Å²) in [5.74, 6) is 0.629. The minimum Gasteiger partial charge on any atom is -0.396 e. The summed E-state index contributed by atoms with van der Waals surface area (Å²) in [7, 11) is 0. The first-order valence-electron chi connectivity index (χ1n) is 14.3. The quantitative estimate of drug-likeness (QED) is 0.400. The number of Topliss-reactive ketones (excluding diaryl/α,β-unsaturated/α-hetero) is 2. The van der Waals surface area contributed by atoms with Crippen LogP contribution in [-0.4, -0.2) is 23.3 Å². The van der Waals surface area contributed by atoms with Crippen LogP contribution in [0, 0.1) is 62.1 Å². The number of carbonyl (C=O) groups excluding carboxylic acids is 2. The second-order valence-electron chi connectivity index (χ2n) is 14.9. The number of hydrogen-bond donors (Lipinski definition) is 1. The maximum atomic E-state index is 12.9. The molecule has 202 valence electrons. The molecule has 0 spiro atoms. The molecule has 36 heavy (non-hydrogen) atoms. The summed E-state index contributed by atoms with van der Waals surface area (Å²) in [5.41, 5.74) is -0.00451. The van der Waals surface area contributed by atoms with Gasteiger partial charge in [0.15, 0.2) is 5.78 Å². The van der Waals surface area contributed by atoms with E-state index in [9.17, 15) is 20.0 Å². The van der Waals surface area contributed by atoms with Gasteiger partial charge >= 0.3 is 0 Å². The third kappa shape index (κ3) is 4.75. The van der Waals surface area contributed by atoms with Crippen molar-refractivity contribution in [3.63, 3.8) is 0 Å². The number of nitriles is 1. The van der Waals surface area contributed by atoms with Gasteiger partial charge in [-0.1, -0.05) is 61.5 Å². The van der Waals surface area contributed by atoms with Crippen molar-refractivity contribution in [2.75, 3.05) is 6.61 Å². The van der Waals surface area contributed by atoms with Crippen LogP contribution >= 0.6 is 0 Å². The maximum Gasteiger partial charge on any atom is 0.176 e. The van der Waals surface area contributed by atoms with E-state index in [-0.39, 0.29) is 63.2 Å². The Morgan fingerprint density at radius 2 is 1.81 bits per heavy atom. The second-order valence-corrected chi connectivity index (χ2v) is 14.9. The van der Waals surface area contributed by atoms with Crippen molar-refractivity contribution in [1.82, 2.24) is 0 Å². The van der Waals surface area contributed by atoms with Gasteiger partial charge in [0.05, 0.1) is 5.57 Å². The van der Waals surface area contributed by atoms with Gasteiger partial charge in [-0.2, -0.15) is 5.26 Å². The topological polar surface area (TPSA) is 78.2 Å². The molecule has 0 aliphatic heterocycles. The minimum atomic E-state index is -0.370. The molecule has 4 nitrogen and oxygen atoms in total. The van der Waals surface area contributed by atoms with Gasteiger partial charge in [0, 0.05) is 18.9 Å². The number of nitrogens with zero attached hydrogens (tertiary/aromatic N) is 1. The van der Waals surface area contributed by atoms with E-state index in [0.29, 0.717) is 17.8 Å². The number of carbonyl (C=O) groups is 2. The van der Waals surface area contributed by atoms with E-state index < -0.39 is 0 Å². The fourth-order valence-corrected chi connectivity index (χ4v) is 8.84. The van der Waals surface area contributed by atoms with E-state index in [0.717, 1.165) is 44.9 Å². The summed E-state index contributed by atoms with van der Waals surface area (Å²) >= 11 is 0. The summed E-state index contributed by atoms with van der Waals surface area (Å²) in [5, 5.41) is 20.4. The molecule has 1 unspecified atom stereocenters. The minimum absolute atomic E-state index is 0.0384. The van der Waals surface area contributed by atoms with Crippen LogP contribution in [0.4, 0.5) is 0 Å². The van der Waals surface area contributed by atoms with Gasteiger partial charge in [-0.3, -0.25) is 4.79 Å². The SMILES string of the molecule is CC(=O)C[C@@H]1[C@@]2(C)C=C(C#N)C(=O)[C@@H](C)[C@@H]2CC[C@@]1(C)C(C)(C)CC[C@@]1(CO)CCC(C)(C)CC1C. The van der Waals surface area contributed by atoms with E-state index in [1.807, 2.05) is 13.0 Å². The number of fused-ring (bicyclic) bond motifs is 1. The Bertz CT molecular complexity index is 955. The van der Waals surface area contributed by atoms with Crippen LogP contribution in [0.25, 0.3) is 0 Å². The number of aliphatic hydroxyl groups excluding tert-OH is 1. The zero-order valence-electron chi connectivity index (χ0n) is 24.5. The largest absolute Gasteiger partial charge is 0.396 e. The number of ketones is 2. The molecule has 0 heterocycles. The molecule has 1 N–H and O–H groups in total. The monoisotopic (exact) mass is 497 g/mol. The number of hydrogen-bond acceptors (Lipinski definition) is 4. The van der Waals surface area contributed by atoms with Gasteiger partial charge in [-0.05, 0) is 96.7 Å². The average Bonchev–Trinajstić information content (AvgIpc) is 2.78. The Hall–Kier alpha value is -1.47. The van der Waals surface area contributed by atoms with Gasteiger partial charge in [0.25, 0.3) is 0 Å². The Kier molecular flexibility index (Phi) is 7.83. The smallest absolute Gasteiger partial charge is 0.176 e. The van der Waals surface area contributed by atoms with E-state index in [1.165, 1.54) is 0 Å². The number of rotatable bonds is 7. The Morgan fingerprint density at radius 3 is 2.33 bits per heavy atom. The molecule has 2 fully saturated rings. The Labute approximate surface area is 220 Å². The van der Waals surface area contributed by atoms with Crippen molar-refractivity contribution in [1.29, 1.82) is 5.26 Å². The molecule has 0 radical (unpaired) electrons. The van der Waals surface area contributed by atoms with Gasteiger partial charge in [-0.25, -0.2) is 0 Å². The first-order valence-corrected chi connectivity index (χ1v) is 14.3. The van der Waals surface area contributed by atoms with Crippen molar-refractivity contribution in [2.24, 2.45) is 50.7 Å². The van der Waals surface area contributed by atoms with Crippen LogP contribution in [-0.2, 0) is 9.59 Å². The lowest BCUT2D eigenvalue weighted by atomic mass is 9.41. The van der Waals surface area contributed by atoms with E-state index in [4.69, 9.17) is 0 Å². The molecule has 3 aliphatic rings. The van der Waals surface area contributed by atoms with Crippen LogP contribution in [0.5, 0.6) is 0 Å². The molecule has 3 aliphatic carbocycles. The lowest BCUT2D eigenvalue weighted by molar-refractivity contribution is -0.146. The Balaban J connectivity index is 1.98. The molecule has 3 rings (SSSR count). The normalized spacial score (nSPS) is 40.7. The number of aliphatic hydroxyl groups is 1. The molecule has 0 aromatic carbocycles. The summed E-state index contributed by atoms with van der Waals surface area (Å²) in [4.78, 5) is 25.5. The summed E-state index contributed by atoms with van der Waals surface area (Å²) in [6.45, 7) is 20.2. The molecular weight excluding hydrogens is 446 g/mol. The molecule has 0 saturated heterocycles. The molecule has 0 aromatic heterocycles. The zero-order valence-corrected chi connectivity index (χ0v) is 24.5. The molecule has 0 amide bonds. The van der Waals surface area contributed by atoms with Crippen LogP contribution in [0.3, 0.4) is 0 Å². The number of allylic oxidation sites excluding steroid dienone is 2. The van der Waals surface area contributed by atoms with Crippen molar-refractivity contribution in [2.45, 2.75) is 114 Å². The predicted molar refractivity (Wildman–Crippen MR) is 145 cm³/mol. The van der Waals surface area contributed by atoms with Crippen LogP contribution < -0.4 is 0 Å². The lowest BCUT2D eigenvalue weighted by Gasteiger charge is -2.63.